The molecule has 2 N–H and O–H groups in total. The molecule has 0 fully saturated rings. The van der Waals surface area contributed by atoms with E-state index in [-0.39, 0.29) is 11.9 Å². The summed E-state index contributed by atoms with van der Waals surface area (Å²) >= 11 is 6.34. The highest BCUT2D eigenvalue weighted by Gasteiger charge is 2.11. The Morgan fingerprint density at radius 1 is 1.55 bits per heavy atom. The number of carbonyl (C=O) groups is 2. The van der Waals surface area contributed by atoms with Crippen LogP contribution in [0.3, 0.4) is 0 Å². The molecular formula is C13H15NO4S2. The minimum absolute atomic E-state index is 0.129. The number of aliphatic carboxylic acids is 1. The van der Waals surface area contributed by atoms with E-state index in [9.17, 15) is 9.59 Å². The number of amides is 1. The second kappa shape index (κ2) is 8.55. The maximum absolute atomic E-state index is 10.5. The van der Waals surface area contributed by atoms with E-state index in [1.54, 1.807) is 12.1 Å². The van der Waals surface area contributed by atoms with Gasteiger partial charge in [0, 0.05) is 5.25 Å². The second-order valence-corrected chi connectivity index (χ2v) is 6.09. The fourth-order valence-electron chi connectivity index (χ4n) is 1.57. The van der Waals surface area contributed by atoms with Gasteiger partial charge in [0.2, 0.25) is 6.41 Å². The molecule has 108 valence electrons. The Morgan fingerprint density at radius 2 is 2.25 bits per heavy atom. The van der Waals surface area contributed by atoms with Gasteiger partial charge in [-0.3, -0.25) is 4.79 Å². The Balaban J connectivity index is 2.64. The Labute approximate surface area is 126 Å². The lowest BCUT2D eigenvalue weighted by Gasteiger charge is -2.14. The highest BCUT2D eigenvalue weighted by molar-refractivity contribution is 8.23. The average Bonchev–Trinajstić information content (AvgIpc) is 2.37. The van der Waals surface area contributed by atoms with E-state index in [1.165, 1.54) is 11.8 Å². The van der Waals surface area contributed by atoms with E-state index in [0.717, 1.165) is 5.56 Å². The normalized spacial score (nSPS) is 11.4. The number of benzene rings is 1. The number of rotatable bonds is 7. The van der Waals surface area contributed by atoms with Crippen LogP contribution in [0.2, 0.25) is 0 Å². The van der Waals surface area contributed by atoms with E-state index in [2.05, 4.69) is 5.32 Å². The molecule has 0 radical (unpaired) electrons. The molecule has 0 aliphatic rings. The van der Waals surface area contributed by atoms with Crippen LogP contribution in [0.4, 0.5) is 0 Å². The highest BCUT2D eigenvalue weighted by Crippen LogP contribution is 2.24. The largest absolute Gasteiger partial charge is 0.482 e. The first-order valence-electron chi connectivity index (χ1n) is 5.86. The zero-order valence-electron chi connectivity index (χ0n) is 10.9. The fourth-order valence-corrected chi connectivity index (χ4v) is 2.85. The van der Waals surface area contributed by atoms with Crippen LogP contribution in [0.15, 0.2) is 24.3 Å². The van der Waals surface area contributed by atoms with E-state index in [4.69, 9.17) is 22.1 Å². The maximum Gasteiger partial charge on any atom is 0.341 e. The minimum Gasteiger partial charge on any atom is -0.482 e. The maximum atomic E-state index is 10.5. The molecule has 0 heterocycles. The van der Waals surface area contributed by atoms with Gasteiger partial charge in [-0.05, 0) is 18.1 Å². The number of nitrogens with one attached hydrogen (secondary N) is 1. The number of para-hydroxylation sites is 1. The van der Waals surface area contributed by atoms with Crippen molar-refractivity contribution in [2.45, 2.75) is 18.6 Å². The van der Waals surface area contributed by atoms with Crippen LogP contribution in [0.1, 0.15) is 12.5 Å². The first-order valence-corrected chi connectivity index (χ1v) is 7.15. The van der Waals surface area contributed by atoms with Gasteiger partial charge < -0.3 is 15.2 Å². The summed E-state index contributed by atoms with van der Waals surface area (Å²) in [5.74, 6) is -0.463. The van der Waals surface area contributed by atoms with Crippen LogP contribution >= 0.6 is 24.0 Å². The molecule has 7 heteroatoms. The summed E-state index contributed by atoms with van der Waals surface area (Å²) in [5.41, 5.74) is 0.905. The molecule has 0 aliphatic heterocycles. The van der Waals surface area contributed by atoms with Gasteiger partial charge in [-0.2, -0.15) is 0 Å². The molecule has 0 aromatic heterocycles. The van der Waals surface area contributed by atoms with Crippen LogP contribution in [-0.2, 0) is 16.0 Å². The first-order chi connectivity index (χ1) is 9.52. The summed E-state index contributed by atoms with van der Waals surface area (Å²) in [5, 5.41) is 11.2. The predicted octanol–water partition coefficient (Wildman–Crippen LogP) is 1.85. The number of hydrogen-bond acceptors (Lipinski definition) is 5. The standard InChI is InChI=1S/C13H15NO4S2/c1-9(20-13(19)14-8-15)6-10-4-2-3-5-11(10)18-7-12(16)17/h2-5,8-9H,6-7H2,1H3,(H,16,17)(H,14,15,19). The summed E-state index contributed by atoms with van der Waals surface area (Å²) in [7, 11) is 0. The number of thioether (sulfide) groups is 1. The van der Waals surface area contributed by atoms with Crippen LogP contribution < -0.4 is 10.1 Å². The molecule has 1 aromatic carbocycles. The number of hydrogen-bond donors (Lipinski definition) is 2. The van der Waals surface area contributed by atoms with Crippen molar-refractivity contribution < 1.29 is 19.4 Å². The summed E-state index contributed by atoms with van der Waals surface area (Å²) in [6.45, 7) is 1.60. The van der Waals surface area contributed by atoms with Gasteiger partial charge in [0.05, 0.1) is 0 Å². The summed E-state index contributed by atoms with van der Waals surface area (Å²) in [4.78, 5) is 20.8. The van der Waals surface area contributed by atoms with Crippen molar-refractivity contribution in [3.05, 3.63) is 29.8 Å². The van der Waals surface area contributed by atoms with E-state index >= 15 is 0 Å². The average molecular weight is 313 g/mol. The molecule has 0 bridgehead atoms. The van der Waals surface area contributed by atoms with Gasteiger partial charge in [0.15, 0.2) is 6.61 Å². The van der Waals surface area contributed by atoms with Crippen molar-refractivity contribution >= 4 is 40.7 Å². The SMILES string of the molecule is CC(Cc1ccccc1OCC(=O)O)SC(=S)NC=O. The smallest absolute Gasteiger partial charge is 0.341 e. The number of thiocarbonyl (C=S) groups is 1. The van der Waals surface area contributed by atoms with Crippen LogP contribution in [0.5, 0.6) is 5.75 Å². The molecule has 1 amide bonds. The van der Waals surface area contributed by atoms with Crippen molar-refractivity contribution in [3.8, 4) is 5.75 Å². The fraction of sp³-hybridized carbons (Fsp3) is 0.308. The molecule has 0 aliphatic carbocycles. The molecule has 1 unspecified atom stereocenters. The Bertz CT molecular complexity index is 493. The van der Waals surface area contributed by atoms with Gasteiger partial charge in [0.1, 0.15) is 10.1 Å². The number of carbonyl (C=O) groups excluding carboxylic acids is 1. The Hall–Kier alpha value is -1.60. The zero-order chi connectivity index (χ0) is 15.0. The lowest BCUT2D eigenvalue weighted by molar-refractivity contribution is -0.139. The van der Waals surface area contributed by atoms with Gasteiger partial charge >= 0.3 is 5.97 Å². The second-order valence-electron chi connectivity index (χ2n) is 3.97. The van der Waals surface area contributed by atoms with E-state index in [1.807, 2.05) is 19.1 Å². The van der Waals surface area contributed by atoms with Crippen molar-refractivity contribution in [3.63, 3.8) is 0 Å². The van der Waals surface area contributed by atoms with Crippen molar-refractivity contribution in [2.24, 2.45) is 0 Å². The molecule has 20 heavy (non-hydrogen) atoms. The monoisotopic (exact) mass is 313 g/mol. The lowest BCUT2D eigenvalue weighted by atomic mass is 10.1. The lowest BCUT2D eigenvalue weighted by Crippen LogP contribution is -2.19. The molecule has 0 saturated carbocycles. The van der Waals surface area contributed by atoms with Crippen LogP contribution in [0, 0.1) is 0 Å². The summed E-state index contributed by atoms with van der Waals surface area (Å²) in [6.07, 6.45) is 1.20. The van der Waals surface area contributed by atoms with Gasteiger partial charge in [-0.25, -0.2) is 4.79 Å². The predicted molar refractivity (Wildman–Crippen MR) is 82.1 cm³/mol. The topological polar surface area (TPSA) is 75.6 Å². The molecule has 1 rings (SSSR count). The molecule has 0 spiro atoms. The Morgan fingerprint density at radius 3 is 2.90 bits per heavy atom. The molecule has 5 nitrogen and oxygen atoms in total. The number of carboxylic acids is 1. The van der Waals surface area contributed by atoms with Gasteiger partial charge in [-0.1, -0.05) is 49.1 Å². The molecular weight excluding hydrogens is 298 g/mol. The van der Waals surface area contributed by atoms with Crippen molar-refractivity contribution in [2.75, 3.05) is 6.61 Å². The molecule has 1 aromatic rings. The minimum atomic E-state index is -1.02. The first kappa shape index (κ1) is 16.5. The Kier molecular flexibility index (Phi) is 7.03. The van der Waals surface area contributed by atoms with Crippen LogP contribution in [0.25, 0.3) is 0 Å². The summed E-state index contributed by atoms with van der Waals surface area (Å²) < 4.78 is 5.65. The van der Waals surface area contributed by atoms with Gasteiger partial charge in [0.25, 0.3) is 0 Å². The highest BCUT2D eigenvalue weighted by atomic mass is 32.2. The molecule has 1 atom stereocenters. The number of ether oxygens (including phenoxy) is 1. The van der Waals surface area contributed by atoms with Crippen LogP contribution in [-0.4, -0.2) is 33.7 Å². The van der Waals surface area contributed by atoms with E-state index in [0.29, 0.717) is 22.9 Å². The zero-order valence-corrected chi connectivity index (χ0v) is 12.5. The number of carboxylic acid groups (broad SMARTS) is 1. The van der Waals surface area contributed by atoms with E-state index < -0.39 is 5.97 Å². The third-order valence-corrected chi connectivity index (χ3v) is 3.62. The third-order valence-electron chi connectivity index (χ3n) is 2.32. The van der Waals surface area contributed by atoms with Crippen molar-refractivity contribution in [1.82, 2.24) is 5.32 Å². The molecule has 0 saturated heterocycles. The quantitative estimate of drug-likeness (QED) is 0.591. The summed E-state index contributed by atoms with van der Waals surface area (Å²) in [6, 6.07) is 7.27. The third kappa shape index (κ3) is 6.03. The van der Waals surface area contributed by atoms with Gasteiger partial charge in [-0.15, -0.1) is 0 Å². The van der Waals surface area contributed by atoms with Crippen molar-refractivity contribution in [1.29, 1.82) is 0 Å².